The number of nitrogens with two attached hydrogens (primary N) is 1. The number of nitrogens with one attached hydrogen (secondary N) is 3. The Balaban J connectivity index is 0.780. The fourth-order valence-corrected chi connectivity index (χ4v) is 10.9. The van der Waals surface area contributed by atoms with Crippen LogP contribution in [-0.2, 0) is 20.9 Å². The van der Waals surface area contributed by atoms with Gasteiger partial charge >= 0.3 is 6.09 Å². The molecule has 1 saturated heterocycles. The van der Waals surface area contributed by atoms with Gasteiger partial charge in [-0.25, -0.2) is 9.69 Å². The molecular weight excluding hydrogens is 987 g/mol. The van der Waals surface area contributed by atoms with Gasteiger partial charge < -0.3 is 65.0 Å². The maximum Gasteiger partial charge on any atom is 0.416 e. The molecule has 4 aromatic rings. The van der Waals surface area contributed by atoms with Gasteiger partial charge in [0.2, 0.25) is 11.8 Å². The minimum atomic E-state index is -1.41. The second-order valence-electron chi connectivity index (χ2n) is 21.9. The number of hydrogen-bond acceptors (Lipinski definition) is 14. The molecule has 0 aromatic heterocycles. The van der Waals surface area contributed by atoms with Crippen LogP contribution in [0.15, 0.2) is 79.0 Å². The maximum atomic E-state index is 14.4. The van der Waals surface area contributed by atoms with Gasteiger partial charge in [-0.15, -0.1) is 0 Å². The highest BCUT2D eigenvalue weighted by Gasteiger charge is 2.58. The molecule has 19 nitrogen and oxygen atoms in total. The van der Waals surface area contributed by atoms with E-state index in [4.69, 9.17) is 34.2 Å². The van der Waals surface area contributed by atoms with Crippen molar-refractivity contribution in [2.24, 2.45) is 22.5 Å². The van der Waals surface area contributed by atoms with Gasteiger partial charge in [0.05, 0.1) is 75.2 Å². The summed E-state index contributed by atoms with van der Waals surface area (Å²) in [6.07, 6.45) is 6.17. The van der Waals surface area contributed by atoms with Crippen LogP contribution in [0.5, 0.6) is 28.7 Å². The first-order valence-electron chi connectivity index (χ1n) is 26.5. The lowest BCUT2D eigenvalue weighted by Gasteiger charge is -2.31. The SMILES string of the molecule is COc1ccc(C2=CN3C(=O)c4cc(OC)c(OCC5(CCCOc6cc7c(cc6OC)C(=O)N6CC8(CC8)C[C@H]6C(O)N7C(=O)OCc6ccc(NC(=O)[C@H](C)NC(=O)[C@@H](N)C(C)C)cc6)CC5)cc4NC[C@@H]3C2)cc1. The summed E-state index contributed by atoms with van der Waals surface area (Å²) < 4.78 is 35.7. The van der Waals surface area contributed by atoms with Crippen molar-refractivity contribution in [3.05, 3.63) is 101 Å². The third-order valence-corrected chi connectivity index (χ3v) is 16.2. The number of methoxy groups -OCH3 is 3. The Bertz CT molecular complexity index is 2960. The van der Waals surface area contributed by atoms with E-state index < -0.39 is 42.3 Å². The molecule has 19 heteroatoms. The fraction of sp³-hybridized carbons (Fsp3) is 0.466. The molecule has 2 aliphatic carbocycles. The lowest BCUT2D eigenvalue weighted by molar-refractivity contribution is -0.127. The number of carbonyl (C=O) groups is 5. The Morgan fingerprint density at radius 3 is 2.19 bits per heavy atom. The highest BCUT2D eigenvalue weighted by molar-refractivity contribution is 6.06. The number of benzene rings is 4. The molecule has 2 saturated carbocycles. The van der Waals surface area contributed by atoms with E-state index in [-0.39, 0.29) is 59.1 Å². The van der Waals surface area contributed by atoms with E-state index in [2.05, 4.69) is 16.0 Å². The molecule has 6 aliphatic rings. The molecule has 5 atom stereocenters. The van der Waals surface area contributed by atoms with E-state index in [0.717, 1.165) is 53.9 Å². The summed E-state index contributed by atoms with van der Waals surface area (Å²) in [7, 11) is 4.70. The van der Waals surface area contributed by atoms with E-state index in [0.29, 0.717) is 84.5 Å². The van der Waals surface area contributed by atoms with E-state index in [1.165, 1.54) is 7.11 Å². The van der Waals surface area contributed by atoms with Crippen LogP contribution in [0.2, 0.25) is 0 Å². The molecule has 3 fully saturated rings. The summed E-state index contributed by atoms with van der Waals surface area (Å²) in [5, 5.41) is 21.0. The number of anilines is 3. The molecule has 4 heterocycles. The van der Waals surface area contributed by atoms with Crippen LogP contribution in [-0.4, -0.2) is 123 Å². The molecule has 0 bridgehead atoms. The standard InChI is InChI=1S/C58H69N7O12/c1-33(2)50(59)52(67)61-34(3)51(66)62-38-12-8-35(9-13-38)30-76-56(71)65-44-26-49(47(74-6)24-42(44)54(69)64-31-58(19-20-58)27-45(64)55(65)70)75-21-7-16-57(17-18-57)32-77-48-25-43-41(23-46(48)73-5)53(68)63-29-37(22-39(63)28-60-43)36-10-14-40(72-4)15-11-36/h8-15,23-26,29,33-34,39,45,50,55,60,70H,7,16-22,27-28,30-32,59H2,1-6H3,(H,61,67)(H,62,66)/t34-,39-,45-,50-,55?/m0/s1. The van der Waals surface area contributed by atoms with Crippen molar-refractivity contribution in [3.8, 4) is 28.7 Å². The first kappa shape index (κ1) is 52.9. The molecule has 1 spiro atoms. The largest absolute Gasteiger partial charge is 0.497 e. The molecule has 77 heavy (non-hydrogen) atoms. The highest BCUT2D eigenvalue weighted by Crippen LogP contribution is 2.57. The lowest BCUT2D eigenvalue weighted by atomic mass is 10.0. The van der Waals surface area contributed by atoms with Crippen LogP contribution in [0, 0.1) is 16.7 Å². The first-order valence-corrected chi connectivity index (χ1v) is 26.5. The number of nitrogens with zero attached hydrogens (tertiary/aromatic N) is 3. The van der Waals surface area contributed by atoms with Crippen molar-refractivity contribution in [3.63, 3.8) is 0 Å². The van der Waals surface area contributed by atoms with Gasteiger partial charge in [0.25, 0.3) is 11.8 Å². The van der Waals surface area contributed by atoms with Gasteiger partial charge in [0, 0.05) is 42.5 Å². The molecule has 5 amide bonds. The van der Waals surface area contributed by atoms with E-state index in [1.807, 2.05) is 55.3 Å². The smallest absolute Gasteiger partial charge is 0.416 e. The number of ether oxygens (including phenoxy) is 6. The average Bonchev–Trinajstić information content (AvgIpc) is 4.33. The molecular formula is C58H69N7O12. The van der Waals surface area contributed by atoms with Crippen molar-refractivity contribution in [2.45, 2.75) is 109 Å². The first-order chi connectivity index (χ1) is 37.0. The van der Waals surface area contributed by atoms with E-state index in [1.54, 1.807) is 68.5 Å². The minimum Gasteiger partial charge on any atom is -0.497 e. The van der Waals surface area contributed by atoms with Gasteiger partial charge in [-0.2, -0.15) is 0 Å². The normalized spacial score (nSPS) is 21.0. The second kappa shape index (κ2) is 21.5. The molecule has 0 radical (unpaired) electrons. The van der Waals surface area contributed by atoms with Crippen molar-refractivity contribution in [1.29, 1.82) is 0 Å². The van der Waals surface area contributed by atoms with Crippen molar-refractivity contribution in [1.82, 2.24) is 15.1 Å². The van der Waals surface area contributed by atoms with Gasteiger partial charge in [-0.1, -0.05) is 38.1 Å². The maximum absolute atomic E-state index is 14.4. The summed E-state index contributed by atoms with van der Waals surface area (Å²) in [5.41, 5.74) is 10.5. The quantitative estimate of drug-likeness (QED) is 0.0580. The summed E-state index contributed by atoms with van der Waals surface area (Å²) >= 11 is 0. The molecule has 6 N–H and O–H groups in total. The summed E-state index contributed by atoms with van der Waals surface area (Å²) in [5.74, 6) is 1.03. The second-order valence-corrected chi connectivity index (χ2v) is 21.9. The van der Waals surface area contributed by atoms with Crippen LogP contribution in [0.25, 0.3) is 5.57 Å². The molecule has 408 valence electrons. The zero-order chi connectivity index (χ0) is 54.3. The topological polar surface area (TPSA) is 233 Å². The van der Waals surface area contributed by atoms with Crippen molar-refractivity contribution in [2.75, 3.05) is 63.2 Å². The summed E-state index contributed by atoms with van der Waals surface area (Å²) in [6, 6.07) is 19.0. The number of carbonyl (C=O) groups excluding carboxylic acids is 5. The summed E-state index contributed by atoms with van der Waals surface area (Å²) in [6.45, 7) is 6.80. The predicted octanol–water partition coefficient (Wildman–Crippen LogP) is 7.31. The summed E-state index contributed by atoms with van der Waals surface area (Å²) in [4.78, 5) is 72.6. The molecule has 10 rings (SSSR count). The lowest BCUT2D eigenvalue weighted by Crippen LogP contribution is -2.50. The third-order valence-electron chi connectivity index (χ3n) is 16.2. The Morgan fingerprint density at radius 1 is 0.831 bits per heavy atom. The van der Waals surface area contributed by atoms with Gasteiger partial charge in [-0.05, 0) is 123 Å². The van der Waals surface area contributed by atoms with Gasteiger partial charge in [0.15, 0.2) is 29.2 Å². The number of fused-ring (bicyclic) bond motifs is 4. The van der Waals surface area contributed by atoms with Crippen LogP contribution in [0.1, 0.15) is 104 Å². The Kier molecular flexibility index (Phi) is 14.8. The Labute approximate surface area is 448 Å². The zero-order valence-corrected chi connectivity index (χ0v) is 44.5. The van der Waals surface area contributed by atoms with Crippen LogP contribution in [0.4, 0.5) is 21.9 Å². The van der Waals surface area contributed by atoms with E-state index in [9.17, 15) is 29.1 Å². The van der Waals surface area contributed by atoms with Crippen LogP contribution in [0.3, 0.4) is 0 Å². The fourth-order valence-electron chi connectivity index (χ4n) is 10.9. The van der Waals surface area contributed by atoms with Crippen LogP contribution >= 0.6 is 0 Å². The van der Waals surface area contributed by atoms with Gasteiger partial charge in [0.1, 0.15) is 18.4 Å². The monoisotopic (exact) mass is 1060 g/mol. The Morgan fingerprint density at radius 2 is 1.53 bits per heavy atom. The molecule has 4 aliphatic heterocycles. The third kappa shape index (κ3) is 10.9. The van der Waals surface area contributed by atoms with Crippen LogP contribution < -0.4 is 50.3 Å². The van der Waals surface area contributed by atoms with Crippen molar-refractivity contribution >= 4 is 52.4 Å². The number of rotatable bonds is 19. The Hall–Kier alpha value is -7.51. The number of amides is 5. The zero-order valence-electron chi connectivity index (χ0n) is 44.5. The minimum absolute atomic E-state index is 0.0531. The number of hydrogen-bond donors (Lipinski definition) is 5. The average molecular weight is 1060 g/mol. The highest BCUT2D eigenvalue weighted by atomic mass is 16.6. The molecule has 4 aromatic carbocycles. The van der Waals surface area contributed by atoms with Crippen molar-refractivity contribution < 1.29 is 57.5 Å². The number of aliphatic hydroxyl groups excluding tert-OH is 1. The van der Waals surface area contributed by atoms with E-state index >= 15 is 0 Å². The molecule has 1 unspecified atom stereocenters. The number of aliphatic hydroxyl groups is 1. The predicted molar refractivity (Wildman–Crippen MR) is 287 cm³/mol. The van der Waals surface area contributed by atoms with Gasteiger partial charge in [-0.3, -0.25) is 19.2 Å².